The highest BCUT2D eigenvalue weighted by Gasteiger charge is 2.17. The zero-order valence-electron chi connectivity index (χ0n) is 11.7. The molecule has 2 aromatic heterocycles. The van der Waals surface area contributed by atoms with Gasteiger partial charge in [0.05, 0.1) is 12.2 Å². The molecule has 1 fully saturated rings. The van der Waals surface area contributed by atoms with Crippen molar-refractivity contribution in [1.29, 1.82) is 0 Å². The predicted molar refractivity (Wildman–Crippen MR) is 79.0 cm³/mol. The van der Waals surface area contributed by atoms with Crippen LogP contribution in [0.2, 0.25) is 0 Å². The van der Waals surface area contributed by atoms with Crippen molar-refractivity contribution in [2.75, 3.05) is 5.73 Å². The maximum absolute atomic E-state index is 11.1. The number of pyridine rings is 1. The van der Waals surface area contributed by atoms with Gasteiger partial charge in [0.1, 0.15) is 11.4 Å². The highest BCUT2D eigenvalue weighted by atomic mass is 16.4. The van der Waals surface area contributed by atoms with Crippen molar-refractivity contribution in [2.45, 2.75) is 38.1 Å². The second-order valence-electron chi connectivity index (χ2n) is 5.46. The summed E-state index contributed by atoms with van der Waals surface area (Å²) in [6, 6.07) is 2.00. The zero-order valence-corrected chi connectivity index (χ0v) is 11.7. The van der Waals surface area contributed by atoms with Gasteiger partial charge in [-0.15, -0.1) is 0 Å². The molecule has 2 aromatic rings. The van der Waals surface area contributed by atoms with Crippen LogP contribution in [0.15, 0.2) is 24.7 Å². The summed E-state index contributed by atoms with van der Waals surface area (Å²) in [7, 11) is 0. The first kappa shape index (κ1) is 13.6. The van der Waals surface area contributed by atoms with Crippen LogP contribution in [0.5, 0.6) is 0 Å². The molecule has 0 bridgehead atoms. The van der Waals surface area contributed by atoms with Crippen LogP contribution in [0.4, 0.5) is 5.82 Å². The summed E-state index contributed by atoms with van der Waals surface area (Å²) in [5.41, 5.74) is 7.20. The van der Waals surface area contributed by atoms with Crippen LogP contribution in [-0.4, -0.2) is 25.8 Å². The summed E-state index contributed by atoms with van der Waals surface area (Å²) >= 11 is 0. The number of carboxylic acids is 1. The number of rotatable bonds is 3. The fourth-order valence-electron chi connectivity index (χ4n) is 2.84. The number of hydrogen-bond donors (Lipinski definition) is 2. The molecule has 1 aliphatic carbocycles. The number of hydrogen-bond acceptors (Lipinski definition) is 4. The molecule has 0 saturated heterocycles. The van der Waals surface area contributed by atoms with Crippen molar-refractivity contribution in [1.82, 2.24) is 14.8 Å². The molecule has 0 radical (unpaired) electrons. The summed E-state index contributed by atoms with van der Waals surface area (Å²) in [4.78, 5) is 15.1. The van der Waals surface area contributed by atoms with E-state index in [4.69, 9.17) is 10.8 Å². The van der Waals surface area contributed by atoms with Crippen LogP contribution in [-0.2, 0) is 0 Å². The number of nitrogens with zero attached hydrogens (tertiary/aromatic N) is 3. The van der Waals surface area contributed by atoms with Crippen LogP contribution >= 0.6 is 0 Å². The van der Waals surface area contributed by atoms with E-state index in [0.29, 0.717) is 6.04 Å². The Balaban J connectivity index is 1.89. The Morgan fingerprint density at radius 2 is 2.00 bits per heavy atom. The molecule has 0 amide bonds. The second kappa shape index (κ2) is 5.55. The summed E-state index contributed by atoms with van der Waals surface area (Å²) < 4.78 is 1.99. The molecule has 1 aliphatic rings. The highest BCUT2D eigenvalue weighted by Crippen LogP contribution is 2.29. The Kier molecular flexibility index (Phi) is 3.60. The molecule has 0 spiro atoms. The molecule has 2 heterocycles. The average Bonchev–Trinajstić information content (AvgIpc) is 2.98. The first-order chi connectivity index (χ1) is 10.1. The van der Waals surface area contributed by atoms with Crippen LogP contribution in [0.1, 0.15) is 48.5 Å². The number of carboxylic acid groups (broad SMARTS) is 1. The summed E-state index contributed by atoms with van der Waals surface area (Å²) in [5, 5.41) is 13.5. The van der Waals surface area contributed by atoms with E-state index >= 15 is 0 Å². The minimum Gasteiger partial charge on any atom is -0.478 e. The van der Waals surface area contributed by atoms with Crippen LogP contribution in [0, 0.1) is 0 Å². The van der Waals surface area contributed by atoms with E-state index in [-0.39, 0.29) is 11.4 Å². The lowest BCUT2D eigenvalue weighted by Crippen LogP contribution is -2.12. The minimum atomic E-state index is -1.07. The van der Waals surface area contributed by atoms with E-state index < -0.39 is 5.97 Å². The van der Waals surface area contributed by atoms with Gasteiger partial charge in [0.2, 0.25) is 0 Å². The van der Waals surface area contributed by atoms with Crippen molar-refractivity contribution < 1.29 is 9.90 Å². The first-order valence-corrected chi connectivity index (χ1v) is 7.18. The molecule has 0 aromatic carbocycles. The van der Waals surface area contributed by atoms with Gasteiger partial charge >= 0.3 is 5.97 Å². The molecule has 0 atom stereocenters. The van der Waals surface area contributed by atoms with Gasteiger partial charge in [-0.05, 0) is 18.9 Å². The fourth-order valence-corrected chi connectivity index (χ4v) is 2.84. The van der Waals surface area contributed by atoms with Gasteiger partial charge in [-0.1, -0.05) is 19.3 Å². The van der Waals surface area contributed by atoms with Gasteiger partial charge in [-0.3, -0.25) is 4.68 Å². The maximum atomic E-state index is 11.1. The number of nitrogens with two attached hydrogens (primary N) is 1. The van der Waals surface area contributed by atoms with Gasteiger partial charge in [-0.25, -0.2) is 9.78 Å². The molecule has 110 valence electrons. The number of anilines is 1. The summed E-state index contributed by atoms with van der Waals surface area (Å²) in [6.07, 6.45) is 11.4. The Bertz CT molecular complexity index is 659. The van der Waals surface area contributed by atoms with Crippen molar-refractivity contribution in [3.8, 4) is 11.1 Å². The predicted octanol–water partition coefficient (Wildman–Crippen LogP) is 2.73. The zero-order chi connectivity index (χ0) is 14.8. The number of nitrogen functional groups attached to an aromatic ring is 1. The SMILES string of the molecule is Nc1ncc(-c2cnn(C3CCCCC3)c2)cc1C(=O)O. The van der Waals surface area contributed by atoms with Gasteiger partial charge < -0.3 is 10.8 Å². The van der Waals surface area contributed by atoms with Crippen LogP contribution in [0.3, 0.4) is 0 Å². The third kappa shape index (κ3) is 2.74. The van der Waals surface area contributed by atoms with E-state index in [1.807, 2.05) is 10.9 Å². The molecule has 0 unspecified atom stereocenters. The van der Waals surface area contributed by atoms with Gasteiger partial charge in [0.15, 0.2) is 0 Å². The smallest absolute Gasteiger partial charge is 0.339 e. The fraction of sp³-hybridized carbons (Fsp3) is 0.400. The van der Waals surface area contributed by atoms with E-state index in [1.165, 1.54) is 19.3 Å². The first-order valence-electron chi connectivity index (χ1n) is 7.18. The summed E-state index contributed by atoms with van der Waals surface area (Å²) in [5.74, 6) is -1.03. The third-order valence-corrected chi connectivity index (χ3v) is 4.03. The quantitative estimate of drug-likeness (QED) is 0.904. The molecule has 0 aliphatic heterocycles. The minimum absolute atomic E-state index is 0.0258. The molecular weight excluding hydrogens is 268 g/mol. The lowest BCUT2D eigenvalue weighted by Gasteiger charge is -2.21. The van der Waals surface area contributed by atoms with Crippen molar-refractivity contribution >= 4 is 11.8 Å². The van der Waals surface area contributed by atoms with Crippen molar-refractivity contribution in [3.05, 3.63) is 30.2 Å². The molecule has 3 N–H and O–H groups in total. The van der Waals surface area contributed by atoms with Crippen molar-refractivity contribution in [2.24, 2.45) is 0 Å². The standard InChI is InChI=1S/C15H18N4O2/c16-14-13(15(20)21)6-10(7-17-14)11-8-18-19(9-11)12-4-2-1-3-5-12/h6-9,12H,1-5H2,(H2,16,17)(H,20,21). The lowest BCUT2D eigenvalue weighted by molar-refractivity contribution is 0.0697. The Morgan fingerprint density at radius 1 is 1.24 bits per heavy atom. The highest BCUT2D eigenvalue weighted by molar-refractivity contribution is 5.94. The molecule has 6 nitrogen and oxygen atoms in total. The normalized spacial score (nSPS) is 16.0. The Labute approximate surface area is 122 Å². The van der Waals surface area contributed by atoms with E-state index in [2.05, 4.69) is 10.1 Å². The Morgan fingerprint density at radius 3 is 2.71 bits per heavy atom. The van der Waals surface area contributed by atoms with Gasteiger partial charge in [0, 0.05) is 23.5 Å². The van der Waals surface area contributed by atoms with E-state index in [0.717, 1.165) is 24.0 Å². The van der Waals surface area contributed by atoms with E-state index in [9.17, 15) is 4.79 Å². The number of aromatic nitrogens is 3. The molecular formula is C15H18N4O2. The van der Waals surface area contributed by atoms with E-state index in [1.54, 1.807) is 18.5 Å². The summed E-state index contributed by atoms with van der Waals surface area (Å²) in [6.45, 7) is 0. The third-order valence-electron chi connectivity index (χ3n) is 4.03. The van der Waals surface area contributed by atoms with Gasteiger partial charge in [0.25, 0.3) is 0 Å². The Hall–Kier alpha value is -2.37. The number of aromatic carboxylic acids is 1. The lowest BCUT2D eigenvalue weighted by atomic mass is 9.96. The topological polar surface area (TPSA) is 94.0 Å². The molecule has 3 rings (SSSR count). The second-order valence-corrected chi connectivity index (χ2v) is 5.46. The maximum Gasteiger partial charge on any atom is 0.339 e. The van der Waals surface area contributed by atoms with Crippen LogP contribution < -0.4 is 5.73 Å². The van der Waals surface area contributed by atoms with Gasteiger partial charge in [-0.2, -0.15) is 5.10 Å². The van der Waals surface area contributed by atoms with Crippen molar-refractivity contribution in [3.63, 3.8) is 0 Å². The average molecular weight is 286 g/mol. The van der Waals surface area contributed by atoms with Crippen LogP contribution in [0.25, 0.3) is 11.1 Å². The number of carbonyl (C=O) groups is 1. The largest absolute Gasteiger partial charge is 0.478 e. The molecule has 1 saturated carbocycles. The molecule has 6 heteroatoms. The molecule has 21 heavy (non-hydrogen) atoms. The monoisotopic (exact) mass is 286 g/mol.